The summed E-state index contributed by atoms with van der Waals surface area (Å²) in [4.78, 5) is 1.17. The fourth-order valence-electron chi connectivity index (χ4n) is 1.56. The van der Waals surface area contributed by atoms with Crippen molar-refractivity contribution in [2.45, 2.75) is 13.0 Å². The molecule has 16 heavy (non-hydrogen) atoms. The van der Waals surface area contributed by atoms with Crippen molar-refractivity contribution in [3.63, 3.8) is 0 Å². The fraction of sp³-hybridized carbons (Fsp3) is 0.167. The number of benzene rings is 1. The van der Waals surface area contributed by atoms with Crippen LogP contribution < -0.4 is 5.73 Å². The summed E-state index contributed by atoms with van der Waals surface area (Å²) in [6, 6.07) is 7.46. The third-order valence-electron chi connectivity index (χ3n) is 2.49. The monoisotopic (exact) mass is 271 g/mol. The SMILES string of the molecule is Cc1ccsc1C(N)c1ccc(Cl)c(Cl)c1. The fourth-order valence-corrected chi connectivity index (χ4v) is 2.82. The van der Waals surface area contributed by atoms with E-state index >= 15 is 0 Å². The standard InChI is InChI=1S/C12H11Cl2NS/c1-7-4-5-16-12(7)11(15)8-2-3-9(13)10(14)6-8/h2-6,11H,15H2,1H3. The summed E-state index contributed by atoms with van der Waals surface area (Å²) >= 11 is 13.5. The van der Waals surface area contributed by atoms with Gasteiger partial charge in [0, 0.05) is 4.88 Å². The molecule has 0 saturated carbocycles. The molecule has 0 aliphatic heterocycles. The van der Waals surface area contributed by atoms with Crippen molar-refractivity contribution < 1.29 is 0 Å². The maximum absolute atomic E-state index is 6.19. The average molecular weight is 272 g/mol. The van der Waals surface area contributed by atoms with Gasteiger partial charge in [0.25, 0.3) is 0 Å². The summed E-state index contributed by atoms with van der Waals surface area (Å²) in [7, 11) is 0. The minimum Gasteiger partial charge on any atom is -0.320 e. The predicted molar refractivity (Wildman–Crippen MR) is 71.5 cm³/mol. The average Bonchev–Trinajstić information content (AvgIpc) is 2.67. The molecule has 0 aliphatic carbocycles. The maximum Gasteiger partial charge on any atom is 0.0649 e. The Morgan fingerprint density at radius 3 is 2.50 bits per heavy atom. The van der Waals surface area contributed by atoms with Gasteiger partial charge < -0.3 is 5.73 Å². The first-order chi connectivity index (χ1) is 7.59. The Bertz CT molecular complexity index is 507. The minimum atomic E-state index is -0.130. The summed E-state index contributed by atoms with van der Waals surface area (Å²) in [6.45, 7) is 2.06. The van der Waals surface area contributed by atoms with Gasteiger partial charge in [0.1, 0.15) is 0 Å². The van der Waals surface area contributed by atoms with Gasteiger partial charge in [-0.15, -0.1) is 11.3 Å². The van der Waals surface area contributed by atoms with Gasteiger partial charge in [-0.05, 0) is 41.6 Å². The zero-order valence-corrected chi connectivity index (χ0v) is 11.0. The third-order valence-corrected chi connectivity index (χ3v) is 4.33. The Balaban J connectivity index is 2.38. The first-order valence-corrected chi connectivity index (χ1v) is 6.47. The molecule has 2 aromatic rings. The zero-order valence-electron chi connectivity index (χ0n) is 8.71. The number of nitrogens with two attached hydrogens (primary N) is 1. The first-order valence-electron chi connectivity index (χ1n) is 4.84. The Hall–Kier alpha value is -0.540. The van der Waals surface area contributed by atoms with Gasteiger partial charge in [-0.2, -0.15) is 0 Å². The number of aryl methyl sites for hydroxylation is 1. The Kier molecular flexibility index (Phi) is 3.55. The van der Waals surface area contributed by atoms with E-state index in [1.54, 1.807) is 17.4 Å². The molecule has 4 heteroatoms. The minimum absolute atomic E-state index is 0.130. The zero-order chi connectivity index (χ0) is 11.7. The highest BCUT2D eigenvalue weighted by molar-refractivity contribution is 7.10. The molecule has 0 fully saturated rings. The highest BCUT2D eigenvalue weighted by atomic mass is 35.5. The van der Waals surface area contributed by atoms with Crippen LogP contribution in [0.4, 0.5) is 0 Å². The van der Waals surface area contributed by atoms with Gasteiger partial charge in [-0.1, -0.05) is 29.3 Å². The van der Waals surface area contributed by atoms with E-state index in [4.69, 9.17) is 28.9 Å². The van der Waals surface area contributed by atoms with E-state index in [2.05, 4.69) is 13.0 Å². The largest absolute Gasteiger partial charge is 0.320 e. The molecule has 1 nitrogen and oxygen atoms in total. The number of hydrogen-bond acceptors (Lipinski definition) is 2. The smallest absolute Gasteiger partial charge is 0.0649 e. The molecule has 0 amide bonds. The molecule has 0 bridgehead atoms. The number of hydrogen-bond donors (Lipinski definition) is 1. The molecule has 84 valence electrons. The molecule has 2 N–H and O–H groups in total. The van der Waals surface area contributed by atoms with Crippen LogP contribution in [0, 0.1) is 6.92 Å². The van der Waals surface area contributed by atoms with E-state index in [9.17, 15) is 0 Å². The van der Waals surface area contributed by atoms with Crippen LogP contribution >= 0.6 is 34.5 Å². The molecule has 1 unspecified atom stereocenters. The van der Waals surface area contributed by atoms with Gasteiger partial charge in [0.05, 0.1) is 16.1 Å². The maximum atomic E-state index is 6.19. The van der Waals surface area contributed by atoms with Crippen LogP contribution in [0.25, 0.3) is 0 Å². The van der Waals surface area contributed by atoms with Crippen molar-refractivity contribution in [2.24, 2.45) is 5.73 Å². The van der Waals surface area contributed by atoms with E-state index in [-0.39, 0.29) is 6.04 Å². The van der Waals surface area contributed by atoms with Gasteiger partial charge in [0.15, 0.2) is 0 Å². The molecule has 1 aromatic carbocycles. The van der Waals surface area contributed by atoms with Gasteiger partial charge in [-0.3, -0.25) is 0 Å². The lowest BCUT2D eigenvalue weighted by atomic mass is 10.0. The molecule has 0 saturated heterocycles. The van der Waals surface area contributed by atoms with Crippen LogP contribution in [0.5, 0.6) is 0 Å². The summed E-state index contributed by atoms with van der Waals surface area (Å²) in [6.07, 6.45) is 0. The van der Waals surface area contributed by atoms with Crippen LogP contribution in [0.3, 0.4) is 0 Å². The topological polar surface area (TPSA) is 26.0 Å². The Morgan fingerprint density at radius 2 is 1.94 bits per heavy atom. The molecule has 0 aliphatic rings. The van der Waals surface area contributed by atoms with E-state index in [1.807, 2.05) is 17.5 Å². The van der Waals surface area contributed by atoms with Crippen molar-refractivity contribution in [1.29, 1.82) is 0 Å². The van der Waals surface area contributed by atoms with Crippen molar-refractivity contribution in [2.75, 3.05) is 0 Å². The third kappa shape index (κ3) is 2.25. The van der Waals surface area contributed by atoms with Gasteiger partial charge >= 0.3 is 0 Å². The Labute approximate surface area is 109 Å². The highest BCUT2D eigenvalue weighted by Gasteiger charge is 2.13. The van der Waals surface area contributed by atoms with Gasteiger partial charge in [0.2, 0.25) is 0 Å². The number of halogens is 2. The van der Waals surface area contributed by atoms with E-state index < -0.39 is 0 Å². The van der Waals surface area contributed by atoms with Crippen molar-refractivity contribution in [1.82, 2.24) is 0 Å². The van der Waals surface area contributed by atoms with E-state index in [1.165, 1.54) is 10.4 Å². The van der Waals surface area contributed by atoms with Crippen LogP contribution in [-0.4, -0.2) is 0 Å². The van der Waals surface area contributed by atoms with E-state index in [0.717, 1.165) is 5.56 Å². The molecule has 2 rings (SSSR count). The quantitative estimate of drug-likeness (QED) is 0.860. The second-order valence-electron chi connectivity index (χ2n) is 3.62. The summed E-state index contributed by atoms with van der Waals surface area (Å²) < 4.78 is 0. The lowest BCUT2D eigenvalue weighted by Gasteiger charge is -2.12. The molecule has 1 heterocycles. The molecular weight excluding hydrogens is 261 g/mol. The molecular formula is C12H11Cl2NS. The van der Waals surface area contributed by atoms with Crippen LogP contribution in [-0.2, 0) is 0 Å². The molecule has 1 aromatic heterocycles. The first kappa shape index (κ1) is 11.9. The summed E-state index contributed by atoms with van der Waals surface area (Å²) in [5, 5.41) is 3.14. The molecule has 0 spiro atoms. The summed E-state index contributed by atoms with van der Waals surface area (Å²) in [5.41, 5.74) is 8.39. The number of rotatable bonds is 2. The summed E-state index contributed by atoms with van der Waals surface area (Å²) in [5.74, 6) is 0. The lowest BCUT2D eigenvalue weighted by Crippen LogP contribution is -2.11. The molecule has 0 radical (unpaired) electrons. The van der Waals surface area contributed by atoms with Crippen LogP contribution in [0.2, 0.25) is 10.0 Å². The van der Waals surface area contributed by atoms with Crippen LogP contribution in [0.15, 0.2) is 29.6 Å². The van der Waals surface area contributed by atoms with Crippen molar-refractivity contribution in [3.8, 4) is 0 Å². The lowest BCUT2D eigenvalue weighted by molar-refractivity contribution is 0.885. The van der Waals surface area contributed by atoms with Crippen molar-refractivity contribution >= 4 is 34.5 Å². The van der Waals surface area contributed by atoms with Crippen LogP contribution in [0.1, 0.15) is 22.0 Å². The highest BCUT2D eigenvalue weighted by Crippen LogP contribution is 2.31. The predicted octanol–water partition coefficient (Wildman–Crippen LogP) is 4.41. The normalized spacial score (nSPS) is 12.8. The second kappa shape index (κ2) is 4.76. The second-order valence-corrected chi connectivity index (χ2v) is 5.38. The van der Waals surface area contributed by atoms with Gasteiger partial charge in [-0.25, -0.2) is 0 Å². The van der Waals surface area contributed by atoms with Crippen molar-refractivity contribution in [3.05, 3.63) is 55.7 Å². The number of thiophene rings is 1. The molecule has 1 atom stereocenters. The Morgan fingerprint density at radius 1 is 1.19 bits per heavy atom. The van der Waals surface area contributed by atoms with E-state index in [0.29, 0.717) is 10.0 Å².